The third-order valence-corrected chi connectivity index (χ3v) is 7.57. The summed E-state index contributed by atoms with van der Waals surface area (Å²) in [6.45, 7) is 0.719. The summed E-state index contributed by atoms with van der Waals surface area (Å²) in [6.07, 6.45) is -0.573. The van der Waals surface area contributed by atoms with Crippen molar-refractivity contribution >= 4 is 15.9 Å². The van der Waals surface area contributed by atoms with Crippen LogP contribution in [0.25, 0.3) is 11.1 Å². The third kappa shape index (κ3) is 4.82. The fourth-order valence-corrected chi connectivity index (χ4v) is 5.15. The minimum absolute atomic E-state index is 0.00219. The Labute approximate surface area is 194 Å². The molecule has 2 aliphatic rings. The van der Waals surface area contributed by atoms with Crippen molar-refractivity contribution in [2.45, 2.75) is 43.9 Å². The molecular weight excluding hydrogens is 476 g/mol. The highest BCUT2D eigenvalue weighted by Gasteiger charge is 2.57. The lowest BCUT2D eigenvalue weighted by Crippen LogP contribution is -2.54. The van der Waals surface area contributed by atoms with Gasteiger partial charge >= 0.3 is 0 Å². The van der Waals surface area contributed by atoms with Crippen LogP contribution in [0.1, 0.15) is 18.9 Å². The fourth-order valence-electron chi connectivity index (χ4n) is 4.26. The Hall–Kier alpha value is -2.50. The molecule has 2 aromatic carbocycles. The van der Waals surface area contributed by atoms with E-state index >= 15 is 8.78 Å². The van der Waals surface area contributed by atoms with E-state index < -0.39 is 64.0 Å². The number of halogens is 4. The summed E-state index contributed by atoms with van der Waals surface area (Å²) < 4.78 is 89.6. The van der Waals surface area contributed by atoms with Gasteiger partial charge in [-0.1, -0.05) is 36.4 Å². The number of nitrogens with one attached hydrogen (secondary N) is 1. The van der Waals surface area contributed by atoms with E-state index in [-0.39, 0.29) is 12.0 Å². The van der Waals surface area contributed by atoms with Crippen LogP contribution in [0, 0.1) is 11.6 Å². The first-order valence-electron chi connectivity index (χ1n) is 10.9. The molecule has 4 rings (SSSR count). The van der Waals surface area contributed by atoms with Crippen LogP contribution >= 0.6 is 0 Å². The van der Waals surface area contributed by atoms with Gasteiger partial charge in [0.15, 0.2) is 11.6 Å². The molecule has 2 heterocycles. The quantitative estimate of drug-likeness (QED) is 0.593. The number of rotatable bonds is 7. The summed E-state index contributed by atoms with van der Waals surface area (Å²) in [5, 5.41) is 0. The molecule has 0 saturated carbocycles. The van der Waals surface area contributed by atoms with Crippen molar-refractivity contribution in [2.24, 2.45) is 0 Å². The number of benzene rings is 2. The molecule has 6 nitrogen and oxygen atoms in total. The molecular formula is C23H24F4N2O4S. The molecule has 1 amide bonds. The minimum Gasteiger partial charge on any atom is -0.368 e. The summed E-state index contributed by atoms with van der Waals surface area (Å²) in [7, 11) is -4.01. The first-order valence-corrected chi connectivity index (χ1v) is 12.5. The van der Waals surface area contributed by atoms with Crippen LogP contribution in [0.4, 0.5) is 17.6 Å². The van der Waals surface area contributed by atoms with E-state index in [4.69, 9.17) is 4.74 Å². The fraction of sp³-hybridized carbons (Fsp3) is 0.435. The largest absolute Gasteiger partial charge is 0.368 e. The average molecular weight is 501 g/mol. The Balaban J connectivity index is 1.69. The Morgan fingerprint density at radius 3 is 2.56 bits per heavy atom. The van der Waals surface area contributed by atoms with Gasteiger partial charge < -0.3 is 9.64 Å². The first kappa shape index (κ1) is 24.6. The second kappa shape index (κ2) is 9.27. The lowest BCUT2D eigenvalue weighted by molar-refractivity contribution is -0.158. The Morgan fingerprint density at radius 2 is 1.91 bits per heavy atom. The molecule has 0 spiro atoms. The zero-order valence-corrected chi connectivity index (χ0v) is 19.1. The molecule has 0 aromatic heterocycles. The number of likely N-dealkylation sites (tertiary alicyclic amines) is 1. The number of amides is 1. The molecule has 2 fully saturated rings. The smallest absolute Gasteiger partial charge is 0.283 e. The standard InChI is InChI=1S/C23H24F4N2O4S/c1-2-34(31,32)28-21-18(29(13-23(21,26)27)22(30)19-9-10-33-19)12-14-5-3-6-15(11-14)16-7-4-8-17(24)20(16)25/h3-8,11,18-19,21,28H,2,9-10,12-13H2,1H3/t18-,19?,21+/m0/s1. The number of carbonyl (C=O) groups is 1. The Bertz CT molecular complexity index is 1190. The number of alkyl halides is 2. The predicted molar refractivity (Wildman–Crippen MR) is 117 cm³/mol. The molecule has 2 aromatic rings. The maximum atomic E-state index is 15.0. The lowest BCUT2D eigenvalue weighted by atomic mass is 9.95. The van der Waals surface area contributed by atoms with Crippen LogP contribution in [0.15, 0.2) is 42.5 Å². The lowest BCUT2D eigenvalue weighted by Gasteiger charge is -2.33. The molecule has 0 radical (unpaired) electrons. The van der Waals surface area contributed by atoms with Crippen LogP contribution in [0.5, 0.6) is 0 Å². The number of sulfonamides is 1. The third-order valence-electron chi connectivity index (χ3n) is 6.20. The van der Waals surface area contributed by atoms with Crippen molar-refractivity contribution in [1.29, 1.82) is 0 Å². The highest BCUT2D eigenvalue weighted by molar-refractivity contribution is 7.89. The highest BCUT2D eigenvalue weighted by atomic mass is 32.2. The minimum atomic E-state index is -4.01. The van der Waals surface area contributed by atoms with E-state index in [9.17, 15) is 22.0 Å². The highest BCUT2D eigenvalue weighted by Crippen LogP contribution is 2.37. The predicted octanol–water partition coefficient (Wildman–Crippen LogP) is 3.12. The summed E-state index contributed by atoms with van der Waals surface area (Å²) in [4.78, 5) is 13.8. The van der Waals surface area contributed by atoms with Gasteiger partial charge in [0.25, 0.3) is 11.8 Å². The van der Waals surface area contributed by atoms with E-state index in [1.165, 1.54) is 25.1 Å². The molecule has 34 heavy (non-hydrogen) atoms. The average Bonchev–Trinajstić information content (AvgIpc) is 2.99. The molecule has 11 heteroatoms. The Kier molecular flexibility index (Phi) is 6.71. The normalized spacial score (nSPS) is 24.1. The second-order valence-corrected chi connectivity index (χ2v) is 10.5. The Morgan fingerprint density at radius 1 is 1.21 bits per heavy atom. The maximum Gasteiger partial charge on any atom is 0.283 e. The number of hydrogen-bond acceptors (Lipinski definition) is 4. The topological polar surface area (TPSA) is 75.7 Å². The van der Waals surface area contributed by atoms with Crippen molar-refractivity contribution in [3.63, 3.8) is 0 Å². The number of ether oxygens (including phenoxy) is 1. The van der Waals surface area contributed by atoms with Crippen LogP contribution in [0.3, 0.4) is 0 Å². The van der Waals surface area contributed by atoms with Gasteiger partial charge in [0.1, 0.15) is 12.1 Å². The van der Waals surface area contributed by atoms with Gasteiger partial charge in [-0.2, -0.15) is 0 Å². The zero-order chi connectivity index (χ0) is 24.7. The summed E-state index contributed by atoms with van der Waals surface area (Å²) in [6, 6.07) is 6.90. The SMILES string of the molecule is CCS(=O)(=O)N[C@@H]1[C@H](Cc2cccc(-c3cccc(F)c3F)c2)N(C(=O)C2CCO2)CC1(F)F. The molecule has 0 aliphatic carbocycles. The van der Waals surface area contributed by atoms with Crippen molar-refractivity contribution < 1.29 is 35.5 Å². The van der Waals surface area contributed by atoms with E-state index in [0.29, 0.717) is 24.2 Å². The number of hydrogen-bond donors (Lipinski definition) is 1. The van der Waals surface area contributed by atoms with Gasteiger partial charge in [-0.05, 0) is 30.5 Å². The number of carbonyl (C=O) groups excluding carboxylic acids is 1. The van der Waals surface area contributed by atoms with Crippen LogP contribution in [0.2, 0.25) is 0 Å². The van der Waals surface area contributed by atoms with Gasteiger partial charge in [0.2, 0.25) is 10.0 Å². The monoisotopic (exact) mass is 500 g/mol. The van der Waals surface area contributed by atoms with Crippen molar-refractivity contribution in [2.75, 3.05) is 18.9 Å². The summed E-state index contributed by atoms with van der Waals surface area (Å²) >= 11 is 0. The van der Waals surface area contributed by atoms with Gasteiger partial charge in [-0.25, -0.2) is 30.7 Å². The van der Waals surface area contributed by atoms with Gasteiger partial charge in [0.05, 0.1) is 24.9 Å². The molecule has 0 bridgehead atoms. The molecule has 1 unspecified atom stereocenters. The maximum absolute atomic E-state index is 15.0. The molecule has 184 valence electrons. The van der Waals surface area contributed by atoms with Crippen molar-refractivity contribution in [3.8, 4) is 11.1 Å². The van der Waals surface area contributed by atoms with E-state index in [0.717, 1.165) is 11.0 Å². The first-order chi connectivity index (χ1) is 16.0. The molecule has 1 N–H and O–H groups in total. The van der Waals surface area contributed by atoms with Crippen LogP contribution in [-0.4, -0.2) is 62.2 Å². The molecule has 2 aliphatic heterocycles. The zero-order valence-electron chi connectivity index (χ0n) is 18.3. The summed E-state index contributed by atoms with van der Waals surface area (Å²) in [5.41, 5.74) is 0.777. The van der Waals surface area contributed by atoms with Crippen molar-refractivity contribution in [1.82, 2.24) is 9.62 Å². The molecule has 2 saturated heterocycles. The van der Waals surface area contributed by atoms with E-state index in [1.807, 2.05) is 0 Å². The van der Waals surface area contributed by atoms with Crippen LogP contribution in [-0.2, 0) is 26.0 Å². The molecule has 3 atom stereocenters. The second-order valence-electron chi connectivity index (χ2n) is 8.45. The van der Waals surface area contributed by atoms with Gasteiger partial charge in [-0.3, -0.25) is 4.79 Å². The summed E-state index contributed by atoms with van der Waals surface area (Å²) in [5.74, 6) is -6.61. The van der Waals surface area contributed by atoms with E-state index in [1.54, 1.807) is 18.2 Å². The number of nitrogens with zero attached hydrogens (tertiary/aromatic N) is 1. The van der Waals surface area contributed by atoms with Crippen molar-refractivity contribution in [3.05, 3.63) is 59.7 Å². The van der Waals surface area contributed by atoms with E-state index in [2.05, 4.69) is 4.72 Å². The van der Waals surface area contributed by atoms with Gasteiger partial charge in [-0.15, -0.1) is 0 Å². The van der Waals surface area contributed by atoms with Gasteiger partial charge in [0, 0.05) is 12.0 Å². The van der Waals surface area contributed by atoms with Crippen LogP contribution < -0.4 is 4.72 Å².